The van der Waals surface area contributed by atoms with Crippen molar-refractivity contribution in [2.75, 3.05) is 5.73 Å². The molecule has 2 rings (SSSR count). The molecule has 1 amide bonds. The minimum absolute atomic E-state index is 0.0355. The van der Waals surface area contributed by atoms with Crippen LogP contribution >= 0.6 is 0 Å². The number of aromatic carboxylic acids is 1. The maximum atomic E-state index is 11.7. The van der Waals surface area contributed by atoms with E-state index in [9.17, 15) is 9.59 Å². The van der Waals surface area contributed by atoms with Crippen LogP contribution in [0.15, 0.2) is 36.5 Å². The number of nitrogens with zero attached hydrogens (tertiary/aromatic N) is 2. The van der Waals surface area contributed by atoms with E-state index in [0.717, 1.165) is 5.56 Å². The number of rotatable bonds is 5. The molecule has 0 bridgehead atoms. The molecule has 0 atom stereocenters. The highest BCUT2D eigenvalue weighted by Crippen LogP contribution is 2.08. The number of carbonyl (C=O) groups excluding carboxylic acids is 1. The zero-order valence-electron chi connectivity index (χ0n) is 10.6. The van der Waals surface area contributed by atoms with Crippen LogP contribution < -0.4 is 11.1 Å². The number of anilines is 1. The molecule has 1 heterocycles. The minimum atomic E-state index is -1.22. The molecule has 0 spiro atoms. The van der Waals surface area contributed by atoms with Gasteiger partial charge in [0.15, 0.2) is 5.69 Å². The monoisotopic (exact) mass is 274 g/mol. The van der Waals surface area contributed by atoms with E-state index in [1.165, 1.54) is 10.9 Å². The number of amides is 1. The van der Waals surface area contributed by atoms with E-state index in [2.05, 4.69) is 10.4 Å². The van der Waals surface area contributed by atoms with Crippen LogP contribution in [0, 0.1) is 0 Å². The van der Waals surface area contributed by atoms with Gasteiger partial charge in [0.1, 0.15) is 6.54 Å². The molecule has 0 fully saturated rings. The van der Waals surface area contributed by atoms with Crippen molar-refractivity contribution in [2.24, 2.45) is 0 Å². The molecule has 7 nitrogen and oxygen atoms in total. The highest BCUT2D eigenvalue weighted by atomic mass is 16.4. The van der Waals surface area contributed by atoms with Crippen LogP contribution in [0.2, 0.25) is 0 Å². The zero-order valence-corrected chi connectivity index (χ0v) is 10.6. The van der Waals surface area contributed by atoms with Gasteiger partial charge < -0.3 is 16.2 Å². The van der Waals surface area contributed by atoms with Crippen LogP contribution in [0.25, 0.3) is 0 Å². The van der Waals surface area contributed by atoms with Crippen molar-refractivity contribution in [1.82, 2.24) is 15.1 Å². The normalized spacial score (nSPS) is 10.2. The summed E-state index contributed by atoms with van der Waals surface area (Å²) < 4.78 is 1.21. The second-order valence-corrected chi connectivity index (χ2v) is 4.20. The Kier molecular flexibility index (Phi) is 3.99. The molecular formula is C13H14N4O3. The topological polar surface area (TPSA) is 110 Å². The van der Waals surface area contributed by atoms with Gasteiger partial charge in [0.25, 0.3) is 0 Å². The van der Waals surface area contributed by atoms with Gasteiger partial charge in [-0.1, -0.05) is 30.3 Å². The molecule has 0 radical (unpaired) electrons. The lowest BCUT2D eigenvalue weighted by Gasteiger charge is -2.05. The largest absolute Gasteiger partial charge is 0.476 e. The van der Waals surface area contributed by atoms with Crippen molar-refractivity contribution in [3.05, 3.63) is 47.8 Å². The fourth-order valence-corrected chi connectivity index (χ4v) is 1.68. The van der Waals surface area contributed by atoms with E-state index < -0.39 is 5.97 Å². The summed E-state index contributed by atoms with van der Waals surface area (Å²) in [7, 11) is 0. The first kappa shape index (κ1) is 13.6. The van der Waals surface area contributed by atoms with Gasteiger partial charge >= 0.3 is 5.97 Å². The second kappa shape index (κ2) is 5.87. The summed E-state index contributed by atoms with van der Waals surface area (Å²) in [5, 5.41) is 15.3. The van der Waals surface area contributed by atoms with E-state index in [1.54, 1.807) is 0 Å². The highest BCUT2D eigenvalue weighted by Gasteiger charge is 2.14. The molecule has 0 aliphatic rings. The molecule has 4 N–H and O–H groups in total. The Balaban J connectivity index is 1.92. The van der Waals surface area contributed by atoms with Crippen LogP contribution in [0.3, 0.4) is 0 Å². The lowest BCUT2D eigenvalue weighted by atomic mass is 10.2. The van der Waals surface area contributed by atoms with Gasteiger partial charge in [0, 0.05) is 12.7 Å². The molecular weight excluding hydrogens is 260 g/mol. The van der Waals surface area contributed by atoms with E-state index in [4.69, 9.17) is 10.8 Å². The number of hydrogen-bond acceptors (Lipinski definition) is 4. The number of aromatic nitrogens is 2. The number of carbonyl (C=O) groups is 2. The zero-order chi connectivity index (χ0) is 14.5. The lowest BCUT2D eigenvalue weighted by molar-refractivity contribution is -0.122. The van der Waals surface area contributed by atoms with Crippen LogP contribution in [0.1, 0.15) is 16.1 Å². The Hall–Kier alpha value is -2.83. The predicted octanol–water partition coefficient (Wildman–Crippen LogP) is 0.480. The smallest absolute Gasteiger partial charge is 0.358 e. The Morgan fingerprint density at radius 1 is 1.30 bits per heavy atom. The predicted molar refractivity (Wildman–Crippen MR) is 71.9 cm³/mol. The van der Waals surface area contributed by atoms with Gasteiger partial charge in [0.2, 0.25) is 5.91 Å². The SMILES string of the molecule is Nc1cn(CC(=O)NCc2ccccc2)nc1C(=O)O. The van der Waals surface area contributed by atoms with Crippen LogP contribution in [0.5, 0.6) is 0 Å². The number of nitrogens with two attached hydrogens (primary N) is 1. The standard InChI is InChI=1S/C13H14N4O3/c14-10-7-17(16-12(10)13(19)20)8-11(18)15-6-9-4-2-1-3-5-9/h1-5,7H,6,8,14H2,(H,15,18)(H,19,20). The third kappa shape index (κ3) is 3.35. The quantitative estimate of drug-likeness (QED) is 0.734. The molecule has 0 aliphatic heterocycles. The average Bonchev–Trinajstić information content (AvgIpc) is 2.78. The van der Waals surface area contributed by atoms with Crippen LogP contribution in [0.4, 0.5) is 5.69 Å². The number of carboxylic acids is 1. The van der Waals surface area contributed by atoms with Crippen molar-refractivity contribution in [1.29, 1.82) is 0 Å². The van der Waals surface area contributed by atoms with Crippen molar-refractivity contribution in [3.8, 4) is 0 Å². The van der Waals surface area contributed by atoms with Gasteiger partial charge in [0.05, 0.1) is 5.69 Å². The third-order valence-corrected chi connectivity index (χ3v) is 2.63. The van der Waals surface area contributed by atoms with E-state index in [-0.39, 0.29) is 23.8 Å². The van der Waals surface area contributed by atoms with Gasteiger partial charge in [-0.05, 0) is 5.56 Å². The van der Waals surface area contributed by atoms with Gasteiger partial charge in [-0.3, -0.25) is 9.48 Å². The van der Waals surface area contributed by atoms with Gasteiger partial charge in [-0.15, -0.1) is 0 Å². The average molecular weight is 274 g/mol. The Bertz CT molecular complexity index is 622. The van der Waals surface area contributed by atoms with E-state index in [1.807, 2.05) is 30.3 Å². The maximum Gasteiger partial charge on any atom is 0.358 e. The van der Waals surface area contributed by atoms with Crippen molar-refractivity contribution < 1.29 is 14.7 Å². The molecule has 2 aromatic rings. The van der Waals surface area contributed by atoms with Crippen LogP contribution in [-0.2, 0) is 17.9 Å². The number of nitrogens with one attached hydrogen (secondary N) is 1. The first-order valence-electron chi connectivity index (χ1n) is 5.93. The summed E-state index contributed by atoms with van der Waals surface area (Å²) in [5.74, 6) is -1.49. The number of carboxylic acid groups (broad SMARTS) is 1. The fraction of sp³-hybridized carbons (Fsp3) is 0.154. The molecule has 0 saturated carbocycles. The van der Waals surface area contributed by atoms with E-state index in [0.29, 0.717) is 6.54 Å². The summed E-state index contributed by atoms with van der Waals surface area (Å²) >= 11 is 0. The first-order valence-corrected chi connectivity index (χ1v) is 5.93. The minimum Gasteiger partial charge on any atom is -0.476 e. The molecule has 0 aliphatic carbocycles. The van der Waals surface area contributed by atoms with Crippen molar-refractivity contribution >= 4 is 17.6 Å². The van der Waals surface area contributed by atoms with Crippen LogP contribution in [-0.4, -0.2) is 26.8 Å². The molecule has 7 heteroatoms. The Morgan fingerprint density at radius 2 is 2.00 bits per heavy atom. The van der Waals surface area contributed by atoms with Gasteiger partial charge in [-0.2, -0.15) is 5.10 Å². The molecule has 1 aromatic heterocycles. The van der Waals surface area contributed by atoms with Crippen molar-refractivity contribution in [2.45, 2.75) is 13.1 Å². The van der Waals surface area contributed by atoms with Crippen molar-refractivity contribution in [3.63, 3.8) is 0 Å². The molecule has 104 valence electrons. The Labute approximate surface area is 115 Å². The maximum absolute atomic E-state index is 11.7. The van der Waals surface area contributed by atoms with E-state index >= 15 is 0 Å². The number of benzene rings is 1. The number of nitrogen functional groups attached to an aromatic ring is 1. The fourth-order valence-electron chi connectivity index (χ4n) is 1.68. The van der Waals surface area contributed by atoms with Gasteiger partial charge in [-0.25, -0.2) is 4.79 Å². The third-order valence-electron chi connectivity index (χ3n) is 2.63. The summed E-state index contributed by atoms with van der Waals surface area (Å²) in [6.07, 6.45) is 1.32. The summed E-state index contributed by atoms with van der Waals surface area (Å²) in [6, 6.07) is 9.46. The molecule has 0 unspecified atom stereocenters. The molecule has 0 saturated heterocycles. The summed E-state index contributed by atoms with van der Waals surface area (Å²) in [4.78, 5) is 22.5. The molecule has 1 aromatic carbocycles. The second-order valence-electron chi connectivity index (χ2n) is 4.20. The lowest BCUT2D eigenvalue weighted by Crippen LogP contribution is -2.27. The molecule has 20 heavy (non-hydrogen) atoms. The summed E-state index contributed by atoms with van der Waals surface area (Å²) in [5.41, 5.74) is 6.25. The highest BCUT2D eigenvalue weighted by molar-refractivity contribution is 5.91. The summed E-state index contributed by atoms with van der Waals surface area (Å²) in [6.45, 7) is 0.326. The Morgan fingerprint density at radius 3 is 2.60 bits per heavy atom. The first-order chi connectivity index (χ1) is 9.56. The number of hydrogen-bond donors (Lipinski definition) is 3.